The molecule has 2 heterocycles. The SMILES string of the molecule is O=CCc1ncn2c1CCCC2. The van der Waals surface area contributed by atoms with Crippen molar-refractivity contribution in [3.05, 3.63) is 17.7 Å². The number of aryl methyl sites for hydroxylation is 1. The molecule has 1 aliphatic heterocycles. The predicted octanol–water partition coefficient (Wildman–Crippen LogP) is 0.961. The molecule has 0 spiro atoms. The first kappa shape index (κ1) is 7.53. The lowest BCUT2D eigenvalue weighted by Gasteiger charge is -2.14. The molecule has 0 aromatic carbocycles. The minimum atomic E-state index is 0.475. The third kappa shape index (κ3) is 1.15. The van der Waals surface area contributed by atoms with Crippen LogP contribution in [0.4, 0.5) is 0 Å². The smallest absolute Gasteiger partial charge is 0.126 e. The fraction of sp³-hybridized carbons (Fsp3) is 0.556. The van der Waals surface area contributed by atoms with Crippen molar-refractivity contribution in [2.45, 2.75) is 32.2 Å². The first-order valence-corrected chi connectivity index (χ1v) is 4.38. The van der Waals surface area contributed by atoms with Crippen molar-refractivity contribution in [2.24, 2.45) is 0 Å². The predicted molar refractivity (Wildman–Crippen MR) is 44.9 cm³/mol. The van der Waals surface area contributed by atoms with E-state index in [0.717, 1.165) is 24.9 Å². The third-order valence-electron chi connectivity index (χ3n) is 2.37. The van der Waals surface area contributed by atoms with Crippen molar-refractivity contribution in [1.82, 2.24) is 9.55 Å². The number of aldehydes is 1. The van der Waals surface area contributed by atoms with Crippen molar-refractivity contribution >= 4 is 6.29 Å². The number of hydrogen-bond donors (Lipinski definition) is 0. The second kappa shape index (κ2) is 3.09. The van der Waals surface area contributed by atoms with Gasteiger partial charge >= 0.3 is 0 Å². The first-order valence-electron chi connectivity index (χ1n) is 4.38. The van der Waals surface area contributed by atoms with E-state index in [4.69, 9.17) is 0 Å². The second-order valence-corrected chi connectivity index (χ2v) is 3.16. The van der Waals surface area contributed by atoms with E-state index in [-0.39, 0.29) is 0 Å². The van der Waals surface area contributed by atoms with E-state index in [1.165, 1.54) is 18.5 Å². The summed E-state index contributed by atoms with van der Waals surface area (Å²) in [5.74, 6) is 0. The molecule has 1 aromatic rings. The van der Waals surface area contributed by atoms with E-state index in [1.54, 1.807) is 0 Å². The molecule has 0 saturated heterocycles. The lowest BCUT2D eigenvalue weighted by Crippen LogP contribution is -2.10. The average molecular weight is 164 g/mol. The molecule has 0 amide bonds. The molecule has 1 aromatic heterocycles. The maximum Gasteiger partial charge on any atom is 0.126 e. The summed E-state index contributed by atoms with van der Waals surface area (Å²) in [5, 5.41) is 0. The summed E-state index contributed by atoms with van der Waals surface area (Å²) in [4.78, 5) is 14.5. The van der Waals surface area contributed by atoms with E-state index < -0.39 is 0 Å². The van der Waals surface area contributed by atoms with Crippen LogP contribution in [0.15, 0.2) is 6.33 Å². The highest BCUT2D eigenvalue weighted by molar-refractivity contribution is 5.54. The van der Waals surface area contributed by atoms with Gasteiger partial charge in [-0.15, -0.1) is 0 Å². The van der Waals surface area contributed by atoms with Crippen molar-refractivity contribution in [3.8, 4) is 0 Å². The van der Waals surface area contributed by atoms with Gasteiger partial charge in [-0.2, -0.15) is 0 Å². The van der Waals surface area contributed by atoms with Crippen molar-refractivity contribution < 1.29 is 4.79 Å². The molecule has 0 fully saturated rings. The van der Waals surface area contributed by atoms with Crippen LogP contribution in [-0.4, -0.2) is 15.8 Å². The largest absolute Gasteiger partial charge is 0.334 e. The number of rotatable bonds is 2. The van der Waals surface area contributed by atoms with Gasteiger partial charge in [0.1, 0.15) is 6.29 Å². The quantitative estimate of drug-likeness (QED) is 0.610. The fourth-order valence-corrected chi connectivity index (χ4v) is 1.75. The zero-order valence-electron chi connectivity index (χ0n) is 6.99. The maximum absolute atomic E-state index is 10.3. The van der Waals surface area contributed by atoms with Crippen LogP contribution in [0.5, 0.6) is 0 Å². The molecule has 64 valence electrons. The highest BCUT2D eigenvalue weighted by Crippen LogP contribution is 2.17. The summed E-state index contributed by atoms with van der Waals surface area (Å²) in [6.07, 6.45) is 6.82. The average Bonchev–Trinajstić information content (AvgIpc) is 2.50. The Morgan fingerprint density at radius 2 is 2.50 bits per heavy atom. The summed E-state index contributed by atoms with van der Waals surface area (Å²) in [6, 6.07) is 0. The Bertz CT molecular complexity index is 291. The molecule has 0 bridgehead atoms. The monoisotopic (exact) mass is 164 g/mol. The molecule has 12 heavy (non-hydrogen) atoms. The zero-order valence-corrected chi connectivity index (χ0v) is 6.99. The first-order chi connectivity index (χ1) is 5.92. The molecule has 3 nitrogen and oxygen atoms in total. The normalized spacial score (nSPS) is 15.7. The van der Waals surface area contributed by atoms with Gasteiger partial charge in [0.15, 0.2) is 0 Å². The highest BCUT2D eigenvalue weighted by Gasteiger charge is 2.13. The fourth-order valence-electron chi connectivity index (χ4n) is 1.75. The summed E-state index contributed by atoms with van der Waals surface area (Å²) in [7, 11) is 0. The Kier molecular flexibility index (Phi) is 1.94. The van der Waals surface area contributed by atoms with Crippen LogP contribution in [0.1, 0.15) is 24.2 Å². The third-order valence-corrected chi connectivity index (χ3v) is 2.37. The van der Waals surface area contributed by atoms with E-state index in [0.29, 0.717) is 6.42 Å². The Morgan fingerprint density at radius 1 is 1.58 bits per heavy atom. The molecule has 0 aliphatic carbocycles. The van der Waals surface area contributed by atoms with E-state index in [9.17, 15) is 4.79 Å². The topological polar surface area (TPSA) is 34.9 Å². The molecule has 0 atom stereocenters. The lowest BCUT2D eigenvalue weighted by atomic mass is 10.1. The second-order valence-electron chi connectivity index (χ2n) is 3.16. The van der Waals surface area contributed by atoms with Crippen molar-refractivity contribution in [1.29, 1.82) is 0 Å². The Hall–Kier alpha value is -1.12. The summed E-state index contributed by atoms with van der Waals surface area (Å²) in [6.45, 7) is 1.07. The van der Waals surface area contributed by atoms with Gasteiger partial charge in [0, 0.05) is 18.7 Å². The van der Waals surface area contributed by atoms with Crippen LogP contribution in [0.25, 0.3) is 0 Å². The zero-order chi connectivity index (χ0) is 8.39. The van der Waals surface area contributed by atoms with Crippen molar-refractivity contribution in [3.63, 3.8) is 0 Å². The maximum atomic E-state index is 10.3. The molecule has 1 aliphatic rings. The number of carbonyl (C=O) groups excluding carboxylic acids is 1. The summed E-state index contributed by atoms with van der Waals surface area (Å²) >= 11 is 0. The van der Waals surface area contributed by atoms with Gasteiger partial charge in [-0.25, -0.2) is 4.98 Å². The van der Waals surface area contributed by atoms with Crippen LogP contribution in [0.3, 0.4) is 0 Å². The molecule has 0 N–H and O–H groups in total. The van der Waals surface area contributed by atoms with Crippen LogP contribution in [-0.2, 0) is 24.2 Å². The molecule has 0 radical (unpaired) electrons. The summed E-state index contributed by atoms with van der Waals surface area (Å²) in [5.41, 5.74) is 2.25. The van der Waals surface area contributed by atoms with Gasteiger partial charge in [0.2, 0.25) is 0 Å². The van der Waals surface area contributed by atoms with Gasteiger partial charge in [0.05, 0.1) is 12.0 Å². The minimum absolute atomic E-state index is 0.475. The van der Waals surface area contributed by atoms with Crippen LogP contribution in [0, 0.1) is 0 Å². The van der Waals surface area contributed by atoms with Crippen LogP contribution < -0.4 is 0 Å². The number of fused-ring (bicyclic) bond motifs is 1. The minimum Gasteiger partial charge on any atom is -0.334 e. The number of aromatic nitrogens is 2. The molecule has 2 rings (SSSR count). The molecule has 0 unspecified atom stereocenters. The van der Waals surface area contributed by atoms with Crippen LogP contribution >= 0.6 is 0 Å². The van der Waals surface area contributed by atoms with E-state index in [2.05, 4.69) is 9.55 Å². The van der Waals surface area contributed by atoms with Gasteiger partial charge in [0.25, 0.3) is 0 Å². The van der Waals surface area contributed by atoms with Gasteiger partial charge in [-0.05, 0) is 19.3 Å². The summed E-state index contributed by atoms with van der Waals surface area (Å²) < 4.78 is 2.17. The molecular formula is C9H12N2O. The number of imidazole rings is 1. The number of nitrogens with zero attached hydrogens (tertiary/aromatic N) is 2. The molecule has 3 heteroatoms. The van der Waals surface area contributed by atoms with Gasteiger partial charge in [-0.3, -0.25) is 0 Å². The van der Waals surface area contributed by atoms with E-state index in [1.807, 2.05) is 6.33 Å². The standard InChI is InChI=1S/C9H12N2O/c12-6-4-8-9-3-1-2-5-11(9)7-10-8/h6-7H,1-5H2. The molecule has 0 saturated carbocycles. The highest BCUT2D eigenvalue weighted by atomic mass is 16.1. The number of carbonyl (C=O) groups is 1. The lowest BCUT2D eigenvalue weighted by molar-refractivity contribution is -0.107. The van der Waals surface area contributed by atoms with E-state index >= 15 is 0 Å². The number of hydrogen-bond acceptors (Lipinski definition) is 2. The van der Waals surface area contributed by atoms with Gasteiger partial charge < -0.3 is 9.36 Å². The van der Waals surface area contributed by atoms with Crippen LogP contribution in [0.2, 0.25) is 0 Å². The van der Waals surface area contributed by atoms with Gasteiger partial charge in [-0.1, -0.05) is 0 Å². The Balaban J connectivity index is 2.31. The molecular weight excluding hydrogens is 152 g/mol. The van der Waals surface area contributed by atoms with Crippen molar-refractivity contribution in [2.75, 3.05) is 0 Å². The Morgan fingerprint density at radius 3 is 3.33 bits per heavy atom. The Labute approximate surface area is 71.4 Å².